The van der Waals surface area contributed by atoms with Crippen molar-refractivity contribution < 1.29 is 0 Å². The number of rotatable bonds is 3. The monoisotopic (exact) mass is 229 g/mol. The van der Waals surface area contributed by atoms with E-state index in [9.17, 15) is 0 Å². The van der Waals surface area contributed by atoms with Gasteiger partial charge in [-0.1, -0.05) is 29.3 Å². The van der Waals surface area contributed by atoms with Crippen molar-refractivity contribution in [3.05, 3.63) is 53.1 Å². The Hall–Kier alpha value is -1.61. The Labute approximate surface area is 103 Å². The van der Waals surface area contributed by atoms with Crippen LogP contribution in [0.5, 0.6) is 0 Å². The molecule has 17 heavy (non-hydrogen) atoms. The van der Waals surface area contributed by atoms with E-state index in [1.807, 2.05) is 26.6 Å². The van der Waals surface area contributed by atoms with Crippen LogP contribution in [0.15, 0.2) is 30.7 Å². The van der Waals surface area contributed by atoms with Crippen LogP contribution in [0, 0.1) is 13.8 Å². The largest absolute Gasteiger partial charge is 0.336 e. The minimum Gasteiger partial charge on any atom is -0.336 e. The van der Waals surface area contributed by atoms with Crippen molar-refractivity contribution in [3.8, 4) is 0 Å². The van der Waals surface area contributed by atoms with Gasteiger partial charge in [0, 0.05) is 7.05 Å². The van der Waals surface area contributed by atoms with Crippen molar-refractivity contribution in [1.29, 1.82) is 0 Å². The summed E-state index contributed by atoms with van der Waals surface area (Å²) in [7, 11) is 4.00. The molecule has 0 amide bonds. The average molecular weight is 229 g/mol. The van der Waals surface area contributed by atoms with Crippen LogP contribution < -0.4 is 5.32 Å². The Balaban J connectivity index is 2.45. The topological polar surface area (TPSA) is 29.9 Å². The maximum Gasteiger partial charge on any atom is 0.0946 e. The third-order valence-corrected chi connectivity index (χ3v) is 3.02. The summed E-state index contributed by atoms with van der Waals surface area (Å²) in [5, 5.41) is 3.36. The molecule has 0 saturated carbocycles. The van der Waals surface area contributed by atoms with Crippen LogP contribution in [0.2, 0.25) is 0 Å². The molecule has 0 radical (unpaired) electrons. The van der Waals surface area contributed by atoms with Gasteiger partial charge in [0.05, 0.1) is 24.3 Å². The molecule has 3 nitrogen and oxygen atoms in total. The predicted octanol–water partition coefficient (Wildman–Crippen LogP) is 2.35. The zero-order valence-corrected chi connectivity index (χ0v) is 10.9. The van der Waals surface area contributed by atoms with Crippen LogP contribution in [0.1, 0.15) is 28.4 Å². The third-order valence-electron chi connectivity index (χ3n) is 3.02. The van der Waals surface area contributed by atoms with Gasteiger partial charge < -0.3 is 9.88 Å². The molecule has 2 aromatic rings. The highest BCUT2D eigenvalue weighted by Crippen LogP contribution is 2.23. The summed E-state index contributed by atoms with van der Waals surface area (Å²) in [4.78, 5) is 4.18. The highest BCUT2D eigenvalue weighted by atomic mass is 15.1. The number of nitrogens with zero attached hydrogens (tertiary/aromatic N) is 2. The molecule has 0 saturated heterocycles. The molecule has 1 unspecified atom stereocenters. The van der Waals surface area contributed by atoms with E-state index < -0.39 is 0 Å². The van der Waals surface area contributed by atoms with Gasteiger partial charge in [-0.2, -0.15) is 0 Å². The summed E-state index contributed by atoms with van der Waals surface area (Å²) in [6.45, 7) is 4.26. The van der Waals surface area contributed by atoms with Crippen LogP contribution in [-0.2, 0) is 7.05 Å². The maximum absolute atomic E-state index is 4.18. The zero-order chi connectivity index (χ0) is 12.4. The lowest BCUT2D eigenvalue weighted by Gasteiger charge is -2.18. The minimum absolute atomic E-state index is 0.195. The Kier molecular flexibility index (Phi) is 3.29. The molecular formula is C14H19N3. The summed E-state index contributed by atoms with van der Waals surface area (Å²) in [5.41, 5.74) is 5.05. The smallest absolute Gasteiger partial charge is 0.0946 e. The number of hydrogen-bond donors (Lipinski definition) is 1. The fraction of sp³-hybridized carbons (Fsp3) is 0.357. The Bertz CT molecular complexity index is 494. The molecule has 1 heterocycles. The molecule has 3 heteroatoms. The van der Waals surface area contributed by atoms with E-state index in [4.69, 9.17) is 0 Å². The van der Waals surface area contributed by atoms with E-state index in [1.54, 1.807) is 0 Å². The van der Waals surface area contributed by atoms with Gasteiger partial charge in [0.2, 0.25) is 0 Å². The van der Waals surface area contributed by atoms with Crippen LogP contribution in [0.4, 0.5) is 0 Å². The fourth-order valence-corrected chi connectivity index (χ4v) is 2.31. The molecular weight excluding hydrogens is 210 g/mol. The first-order valence-electron chi connectivity index (χ1n) is 5.83. The first-order chi connectivity index (χ1) is 8.11. The van der Waals surface area contributed by atoms with Crippen LogP contribution in [0.3, 0.4) is 0 Å². The molecule has 2 rings (SSSR count). The molecule has 1 atom stereocenters. The fourth-order valence-electron chi connectivity index (χ4n) is 2.31. The van der Waals surface area contributed by atoms with Crippen molar-refractivity contribution in [2.45, 2.75) is 19.9 Å². The standard InChI is InChI=1S/C14H19N3/c1-10-5-11(2)7-12(6-10)14(15-3)13-8-16-9-17(13)4/h5-9,14-15H,1-4H3. The van der Waals surface area contributed by atoms with Crippen molar-refractivity contribution in [3.63, 3.8) is 0 Å². The Morgan fingerprint density at radius 3 is 2.29 bits per heavy atom. The van der Waals surface area contributed by atoms with E-state index in [1.165, 1.54) is 22.4 Å². The SMILES string of the molecule is CNC(c1cc(C)cc(C)c1)c1cncn1C. The third kappa shape index (κ3) is 2.39. The lowest BCUT2D eigenvalue weighted by molar-refractivity contribution is 0.637. The summed E-state index contributed by atoms with van der Waals surface area (Å²) < 4.78 is 2.05. The first kappa shape index (κ1) is 11.9. The van der Waals surface area contributed by atoms with E-state index in [0.717, 1.165) is 0 Å². The number of benzene rings is 1. The predicted molar refractivity (Wildman–Crippen MR) is 70.0 cm³/mol. The van der Waals surface area contributed by atoms with Gasteiger partial charge >= 0.3 is 0 Å². The molecule has 0 aliphatic rings. The van der Waals surface area contributed by atoms with Gasteiger partial charge in [0.15, 0.2) is 0 Å². The maximum atomic E-state index is 4.18. The summed E-state index contributed by atoms with van der Waals surface area (Å²) in [5.74, 6) is 0. The molecule has 90 valence electrons. The van der Waals surface area contributed by atoms with Crippen molar-refractivity contribution >= 4 is 0 Å². The van der Waals surface area contributed by atoms with Gasteiger partial charge in [-0.05, 0) is 26.5 Å². The normalized spacial score (nSPS) is 12.7. The molecule has 0 aliphatic heterocycles. The molecule has 1 N–H and O–H groups in total. The molecule has 0 fully saturated rings. The van der Waals surface area contributed by atoms with Crippen molar-refractivity contribution in [2.75, 3.05) is 7.05 Å². The van der Waals surface area contributed by atoms with Gasteiger partial charge in [-0.25, -0.2) is 4.98 Å². The summed E-state index contributed by atoms with van der Waals surface area (Å²) >= 11 is 0. The number of imidazole rings is 1. The molecule has 1 aromatic heterocycles. The van der Waals surface area contributed by atoms with Crippen LogP contribution >= 0.6 is 0 Å². The highest BCUT2D eigenvalue weighted by molar-refractivity contribution is 5.34. The molecule has 0 bridgehead atoms. The lowest BCUT2D eigenvalue weighted by Crippen LogP contribution is -2.20. The number of nitrogens with one attached hydrogen (secondary N) is 1. The van der Waals surface area contributed by atoms with Gasteiger partial charge in [-0.15, -0.1) is 0 Å². The van der Waals surface area contributed by atoms with Crippen molar-refractivity contribution in [1.82, 2.24) is 14.9 Å². The van der Waals surface area contributed by atoms with E-state index in [0.29, 0.717) is 0 Å². The highest BCUT2D eigenvalue weighted by Gasteiger charge is 2.15. The van der Waals surface area contributed by atoms with E-state index in [-0.39, 0.29) is 6.04 Å². The first-order valence-corrected chi connectivity index (χ1v) is 5.83. The second-order valence-corrected chi connectivity index (χ2v) is 4.57. The number of hydrogen-bond acceptors (Lipinski definition) is 2. The van der Waals surface area contributed by atoms with Crippen LogP contribution in [-0.4, -0.2) is 16.6 Å². The summed E-state index contributed by atoms with van der Waals surface area (Å²) in [6.07, 6.45) is 3.75. The quantitative estimate of drug-likeness (QED) is 0.875. The van der Waals surface area contributed by atoms with Crippen molar-refractivity contribution in [2.24, 2.45) is 7.05 Å². The van der Waals surface area contributed by atoms with Gasteiger partial charge in [0.1, 0.15) is 0 Å². The number of aromatic nitrogens is 2. The molecule has 0 aliphatic carbocycles. The summed E-state index contributed by atoms with van der Waals surface area (Å²) in [6, 6.07) is 6.84. The zero-order valence-electron chi connectivity index (χ0n) is 10.9. The average Bonchev–Trinajstić information content (AvgIpc) is 2.65. The Morgan fingerprint density at radius 2 is 1.82 bits per heavy atom. The Morgan fingerprint density at radius 1 is 1.18 bits per heavy atom. The van der Waals surface area contributed by atoms with Gasteiger partial charge in [0.25, 0.3) is 0 Å². The molecule has 0 spiro atoms. The molecule has 1 aromatic carbocycles. The second kappa shape index (κ2) is 4.72. The van der Waals surface area contributed by atoms with Gasteiger partial charge in [-0.3, -0.25) is 0 Å². The second-order valence-electron chi connectivity index (χ2n) is 4.57. The lowest BCUT2D eigenvalue weighted by atomic mass is 9.99. The van der Waals surface area contributed by atoms with E-state index in [2.05, 4.69) is 46.9 Å². The minimum atomic E-state index is 0.195. The van der Waals surface area contributed by atoms with E-state index >= 15 is 0 Å². The number of aryl methyl sites for hydroxylation is 3. The van der Waals surface area contributed by atoms with Crippen LogP contribution in [0.25, 0.3) is 0 Å².